The van der Waals surface area contributed by atoms with E-state index < -0.39 is 0 Å². The molecule has 2 amide bonds. The summed E-state index contributed by atoms with van der Waals surface area (Å²) in [4.78, 5) is 25.6. The zero-order valence-corrected chi connectivity index (χ0v) is 11.8. The van der Waals surface area contributed by atoms with E-state index in [9.17, 15) is 14.7 Å². The number of amides is 2. The van der Waals surface area contributed by atoms with Gasteiger partial charge in [-0.15, -0.1) is 0 Å². The van der Waals surface area contributed by atoms with Gasteiger partial charge in [-0.3, -0.25) is 9.59 Å². The van der Waals surface area contributed by atoms with Gasteiger partial charge in [-0.25, -0.2) is 0 Å². The van der Waals surface area contributed by atoms with Gasteiger partial charge in [-0.2, -0.15) is 0 Å². The molecule has 0 unspecified atom stereocenters. The molecule has 0 aromatic heterocycles. The Kier molecular flexibility index (Phi) is 4.27. The molecule has 0 aliphatic carbocycles. The van der Waals surface area contributed by atoms with Crippen molar-refractivity contribution >= 4 is 11.8 Å². The summed E-state index contributed by atoms with van der Waals surface area (Å²) in [5, 5.41) is 12.3. The number of hydrogen-bond donors (Lipinski definition) is 2. The topological polar surface area (TPSA) is 69.6 Å². The zero-order chi connectivity index (χ0) is 14.7. The Balaban J connectivity index is 2.01. The van der Waals surface area contributed by atoms with Gasteiger partial charge in [-0.1, -0.05) is 6.07 Å². The quantitative estimate of drug-likeness (QED) is 0.855. The standard InChI is InChI=1S/C15H20N2O3/c1-10-3-4-12(9-13(10)18)15(20)17-7-5-11(6-8-17)14(19)16-2/h3-4,9,11,18H,5-8H2,1-2H3,(H,16,19). The van der Waals surface area contributed by atoms with Crippen LogP contribution in [-0.4, -0.2) is 42.0 Å². The molecule has 1 aliphatic heterocycles. The largest absolute Gasteiger partial charge is 0.508 e. The summed E-state index contributed by atoms with van der Waals surface area (Å²) in [5.74, 6) is 0.0901. The number of phenols is 1. The van der Waals surface area contributed by atoms with E-state index in [1.54, 1.807) is 31.0 Å². The van der Waals surface area contributed by atoms with E-state index in [2.05, 4.69) is 5.32 Å². The normalized spacial score (nSPS) is 16.0. The lowest BCUT2D eigenvalue weighted by atomic mass is 9.95. The third-order valence-corrected chi connectivity index (χ3v) is 3.86. The van der Waals surface area contributed by atoms with E-state index in [1.807, 2.05) is 0 Å². The number of likely N-dealkylation sites (tertiary alicyclic amines) is 1. The second-order valence-electron chi connectivity index (χ2n) is 5.18. The van der Waals surface area contributed by atoms with Crippen LogP contribution in [0, 0.1) is 12.8 Å². The second kappa shape index (κ2) is 5.94. The first kappa shape index (κ1) is 14.4. The highest BCUT2D eigenvalue weighted by Crippen LogP contribution is 2.22. The highest BCUT2D eigenvalue weighted by molar-refractivity contribution is 5.95. The van der Waals surface area contributed by atoms with Gasteiger partial charge in [0.1, 0.15) is 5.75 Å². The van der Waals surface area contributed by atoms with Crippen LogP contribution in [0.1, 0.15) is 28.8 Å². The molecule has 1 aromatic rings. The van der Waals surface area contributed by atoms with Crippen LogP contribution < -0.4 is 5.32 Å². The van der Waals surface area contributed by atoms with Crippen LogP contribution in [0.25, 0.3) is 0 Å². The molecule has 5 heteroatoms. The molecule has 5 nitrogen and oxygen atoms in total. The number of aryl methyl sites for hydroxylation is 1. The molecule has 108 valence electrons. The molecular weight excluding hydrogens is 256 g/mol. The molecule has 0 spiro atoms. The zero-order valence-electron chi connectivity index (χ0n) is 11.8. The van der Waals surface area contributed by atoms with E-state index in [0.29, 0.717) is 31.5 Å². The van der Waals surface area contributed by atoms with Gasteiger partial charge in [0.2, 0.25) is 5.91 Å². The highest BCUT2D eigenvalue weighted by atomic mass is 16.3. The Bertz CT molecular complexity index is 520. The van der Waals surface area contributed by atoms with Gasteiger partial charge in [0.25, 0.3) is 5.91 Å². The van der Waals surface area contributed by atoms with Gasteiger partial charge in [-0.05, 0) is 37.5 Å². The molecule has 1 aliphatic rings. The third-order valence-electron chi connectivity index (χ3n) is 3.86. The number of rotatable bonds is 2. The van der Waals surface area contributed by atoms with E-state index in [4.69, 9.17) is 0 Å². The van der Waals surface area contributed by atoms with Crippen LogP contribution in [0.2, 0.25) is 0 Å². The second-order valence-corrected chi connectivity index (χ2v) is 5.18. The summed E-state index contributed by atoms with van der Waals surface area (Å²) >= 11 is 0. The molecule has 2 N–H and O–H groups in total. The summed E-state index contributed by atoms with van der Waals surface area (Å²) in [6, 6.07) is 4.96. The van der Waals surface area contributed by atoms with E-state index in [-0.39, 0.29) is 23.5 Å². The Labute approximate surface area is 118 Å². The van der Waals surface area contributed by atoms with Crippen molar-refractivity contribution in [3.8, 4) is 5.75 Å². The average molecular weight is 276 g/mol. The van der Waals surface area contributed by atoms with Gasteiger partial charge in [0, 0.05) is 31.6 Å². The number of nitrogens with one attached hydrogen (secondary N) is 1. The molecule has 1 aromatic carbocycles. The Morgan fingerprint density at radius 3 is 2.50 bits per heavy atom. The molecule has 0 radical (unpaired) electrons. The Morgan fingerprint density at radius 2 is 1.95 bits per heavy atom. The number of phenolic OH excluding ortho intramolecular Hbond substituents is 1. The molecule has 20 heavy (non-hydrogen) atoms. The van der Waals surface area contributed by atoms with Crippen molar-refractivity contribution < 1.29 is 14.7 Å². The number of nitrogens with zero attached hydrogens (tertiary/aromatic N) is 1. The first-order valence-electron chi connectivity index (χ1n) is 6.83. The van der Waals surface area contributed by atoms with Crippen molar-refractivity contribution in [1.82, 2.24) is 10.2 Å². The minimum atomic E-state index is -0.0874. The van der Waals surface area contributed by atoms with Crippen LogP contribution >= 0.6 is 0 Å². The third kappa shape index (κ3) is 2.92. The molecule has 0 saturated carbocycles. The number of carbonyl (C=O) groups excluding carboxylic acids is 2. The maximum atomic E-state index is 12.3. The minimum Gasteiger partial charge on any atom is -0.508 e. The van der Waals surface area contributed by atoms with Crippen LogP contribution in [0.5, 0.6) is 5.75 Å². The number of carbonyl (C=O) groups is 2. The summed E-state index contributed by atoms with van der Waals surface area (Å²) in [6.45, 7) is 2.94. The fourth-order valence-electron chi connectivity index (χ4n) is 2.47. The monoisotopic (exact) mass is 276 g/mol. The Hall–Kier alpha value is -2.04. The lowest BCUT2D eigenvalue weighted by Crippen LogP contribution is -2.42. The minimum absolute atomic E-state index is 0.00419. The summed E-state index contributed by atoms with van der Waals surface area (Å²) in [6.07, 6.45) is 1.37. The predicted octanol–water partition coefficient (Wildman–Crippen LogP) is 1.30. The van der Waals surface area contributed by atoms with Crippen molar-refractivity contribution in [3.05, 3.63) is 29.3 Å². The smallest absolute Gasteiger partial charge is 0.253 e. The average Bonchev–Trinajstić information content (AvgIpc) is 2.48. The number of benzene rings is 1. The SMILES string of the molecule is CNC(=O)C1CCN(C(=O)c2ccc(C)c(O)c2)CC1. The lowest BCUT2D eigenvalue weighted by molar-refractivity contribution is -0.125. The highest BCUT2D eigenvalue weighted by Gasteiger charge is 2.27. The van der Waals surface area contributed by atoms with Crippen LogP contribution in [0.3, 0.4) is 0 Å². The van der Waals surface area contributed by atoms with Crippen molar-refractivity contribution in [1.29, 1.82) is 0 Å². The van der Waals surface area contributed by atoms with Gasteiger partial charge in [0.05, 0.1) is 0 Å². The molecule has 1 saturated heterocycles. The van der Waals surface area contributed by atoms with Crippen molar-refractivity contribution in [3.63, 3.8) is 0 Å². The fourth-order valence-corrected chi connectivity index (χ4v) is 2.47. The summed E-state index contributed by atoms with van der Waals surface area (Å²) in [5.41, 5.74) is 1.24. The van der Waals surface area contributed by atoms with Gasteiger partial charge >= 0.3 is 0 Å². The Morgan fingerprint density at radius 1 is 1.30 bits per heavy atom. The molecule has 1 heterocycles. The van der Waals surface area contributed by atoms with Gasteiger partial charge < -0.3 is 15.3 Å². The maximum absolute atomic E-state index is 12.3. The van der Waals surface area contributed by atoms with Gasteiger partial charge in [0.15, 0.2) is 0 Å². The summed E-state index contributed by atoms with van der Waals surface area (Å²) < 4.78 is 0. The summed E-state index contributed by atoms with van der Waals surface area (Å²) in [7, 11) is 1.63. The van der Waals surface area contributed by atoms with Crippen molar-refractivity contribution in [2.24, 2.45) is 5.92 Å². The van der Waals surface area contributed by atoms with Crippen molar-refractivity contribution in [2.45, 2.75) is 19.8 Å². The van der Waals surface area contributed by atoms with Crippen LogP contribution in [0.4, 0.5) is 0 Å². The van der Waals surface area contributed by atoms with E-state index in [0.717, 1.165) is 5.56 Å². The number of hydrogen-bond acceptors (Lipinski definition) is 3. The number of aromatic hydroxyl groups is 1. The first-order chi connectivity index (χ1) is 9.52. The molecule has 0 bridgehead atoms. The molecule has 1 fully saturated rings. The molecule has 2 rings (SSSR count). The lowest BCUT2D eigenvalue weighted by Gasteiger charge is -2.31. The molecular formula is C15H20N2O3. The maximum Gasteiger partial charge on any atom is 0.253 e. The van der Waals surface area contributed by atoms with Crippen LogP contribution in [0.15, 0.2) is 18.2 Å². The fraction of sp³-hybridized carbons (Fsp3) is 0.467. The van der Waals surface area contributed by atoms with E-state index >= 15 is 0 Å². The number of piperidine rings is 1. The van der Waals surface area contributed by atoms with E-state index in [1.165, 1.54) is 6.07 Å². The molecule has 0 atom stereocenters. The predicted molar refractivity (Wildman–Crippen MR) is 75.5 cm³/mol. The van der Waals surface area contributed by atoms with Crippen LogP contribution in [-0.2, 0) is 4.79 Å². The first-order valence-corrected chi connectivity index (χ1v) is 6.83. The van der Waals surface area contributed by atoms with Crippen molar-refractivity contribution in [2.75, 3.05) is 20.1 Å².